The number of benzene rings is 2. The van der Waals surface area contributed by atoms with Gasteiger partial charge in [0.25, 0.3) is 0 Å². The predicted octanol–water partition coefficient (Wildman–Crippen LogP) is 4.93. The number of hydrogen-bond donors (Lipinski definition) is 2. The van der Waals surface area contributed by atoms with Crippen LogP contribution in [-0.2, 0) is 4.79 Å². The average Bonchev–Trinajstić information content (AvgIpc) is 2.37. The van der Waals surface area contributed by atoms with Crippen LogP contribution in [0.5, 0.6) is 0 Å². The normalized spacial score (nSPS) is 11.9. The van der Waals surface area contributed by atoms with E-state index in [-0.39, 0.29) is 0 Å². The second-order valence-electron chi connectivity index (χ2n) is 4.43. The minimum absolute atomic E-state index is 0.517. The zero-order valence-electron chi connectivity index (χ0n) is 10.7. The first kappa shape index (κ1) is 14.7. The molecule has 1 atom stereocenters. The van der Waals surface area contributed by atoms with Gasteiger partial charge in [-0.3, -0.25) is 4.79 Å². The fraction of sp³-hybridized carbons (Fsp3) is 0.133. The molecule has 0 aliphatic rings. The van der Waals surface area contributed by atoms with E-state index in [9.17, 15) is 4.79 Å². The minimum Gasteiger partial charge on any atom is -0.481 e. The van der Waals surface area contributed by atoms with Crippen LogP contribution in [0.15, 0.2) is 42.5 Å². The standard InChI is InChI=1S/C15H13Cl2NO2/c1-9(15(19)20)13-4-2-3-5-14(13)18-12-7-10(16)6-11(17)8-12/h2-9,18H,1H3,(H,19,20). The van der Waals surface area contributed by atoms with Crippen molar-refractivity contribution in [3.8, 4) is 0 Å². The molecular weight excluding hydrogens is 297 g/mol. The highest BCUT2D eigenvalue weighted by molar-refractivity contribution is 6.35. The van der Waals surface area contributed by atoms with Gasteiger partial charge in [0.2, 0.25) is 0 Å². The summed E-state index contributed by atoms with van der Waals surface area (Å²) < 4.78 is 0. The summed E-state index contributed by atoms with van der Waals surface area (Å²) >= 11 is 11.9. The molecule has 0 aliphatic carbocycles. The molecule has 2 aromatic rings. The van der Waals surface area contributed by atoms with Gasteiger partial charge >= 0.3 is 5.97 Å². The van der Waals surface area contributed by atoms with Crippen molar-refractivity contribution in [3.05, 3.63) is 58.1 Å². The lowest BCUT2D eigenvalue weighted by molar-refractivity contribution is -0.138. The van der Waals surface area contributed by atoms with Crippen molar-refractivity contribution >= 4 is 40.5 Å². The summed E-state index contributed by atoms with van der Waals surface area (Å²) in [7, 11) is 0. The summed E-state index contributed by atoms with van der Waals surface area (Å²) in [5.74, 6) is -1.48. The Kier molecular flexibility index (Phi) is 4.53. The zero-order valence-corrected chi connectivity index (χ0v) is 12.2. The van der Waals surface area contributed by atoms with E-state index in [0.717, 1.165) is 5.69 Å². The molecule has 0 bridgehead atoms. The second-order valence-corrected chi connectivity index (χ2v) is 5.30. The highest BCUT2D eigenvalue weighted by atomic mass is 35.5. The average molecular weight is 310 g/mol. The second kappa shape index (κ2) is 6.16. The summed E-state index contributed by atoms with van der Waals surface area (Å²) in [5, 5.41) is 13.3. The number of rotatable bonds is 4. The van der Waals surface area contributed by atoms with Gasteiger partial charge in [-0.15, -0.1) is 0 Å². The van der Waals surface area contributed by atoms with Crippen molar-refractivity contribution in [2.24, 2.45) is 0 Å². The number of halogens is 2. The van der Waals surface area contributed by atoms with Gasteiger partial charge in [-0.1, -0.05) is 41.4 Å². The van der Waals surface area contributed by atoms with E-state index in [0.29, 0.717) is 21.3 Å². The molecule has 0 aliphatic heterocycles. The van der Waals surface area contributed by atoms with E-state index in [1.807, 2.05) is 18.2 Å². The Morgan fingerprint density at radius 2 is 1.75 bits per heavy atom. The number of hydrogen-bond acceptors (Lipinski definition) is 2. The fourth-order valence-corrected chi connectivity index (χ4v) is 2.43. The van der Waals surface area contributed by atoms with Crippen LogP contribution in [-0.4, -0.2) is 11.1 Å². The van der Waals surface area contributed by atoms with Crippen LogP contribution in [0, 0.1) is 0 Å². The molecule has 3 nitrogen and oxygen atoms in total. The van der Waals surface area contributed by atoms with Gasteiger partial charge in [0.05, 0.1) is 5.92 Å². The summed E-state index contributed by atoms with van der Waals surface area (Å²) in [5.41, 5.74) is 2.14. The van der Waals surface area contributed by atoms with Crippen LogP contribution in [0.1, 0.15) is 18.4 Å². The van der Waals surface area contributed by atoms with Crippen LogP contribution in [0.4, 0.5) is 11.4 Å². The first-order chi connectivity index (χ1) is 9.47. The number of carboxylic acids is 1. The van der Waals surface area contributed by atoms with Gasteiger partial charge in [0.15, 0.2) is 0 Å². The first-order valence-electron chi connectivity index (χ1n) is 6.02. The number of anilines is 2. The molecule has 0 aromatic heterocycles. The molecule has 0 fully saturated rings. The predicted molar refractivity (Wildman–Crippen MR) is 82.2 cm³/mol. The Labute approximate surface area is 127 Å². The van der Waals surface area contributed by atoms with Crippen molar-refractivity contribution in [2.45, 2.75) is 12.8 Å². The lowest BCUT2D eigenvalue weighted by atomic mass is 9.99. The van der Waals surface area contributed by atoms with Crippen molar-refractivity contribution < 1.29 is 9.90 Å². The molecule has 0 saturated heterocycles. The Balaban J connectivity index is 2.36. The maximum absolute atomic E-state index is 11.1. The topological polar surface area (TPSA) is 49.3 Å². The van der Waals surface area contributed by atoms with Crippen LogP contribution in [0.2, 0.25) is 10.0 Å². The van der Waals surface area contributed by atoms with Gasteiger partial charge in [-0.25, -0.2) is 0 Å². The summed E-state index contributed by atoms with van der Waals surface area (Å²) in [6.45, 7) is 1.65. The largest absolute Gasteiger partial charge is 0.481 e. The lowest BCUT2D eigenvalue weighted by Gasteiger charge is -2.15. The van der Waals surface area contributed by atoms with Gasteiger partial charge < -0.3 is 10.4 Å². The minimum atomic E-state index is -0.872. The van der Waals surface area contributed by atoms with Crippen molar-refractivity contribution in [2.75, 3.05) is 5.32 Å². The summed E-state index contributed by atoms with van der Waals surface area (Å²) in [6, 6.07) is 12.4. The Morgan fingerprint density at radius 3 is 2.35 bits per heavy atom. The molecule has 5 heteroatoms. The van der Waals surface area contributed by atoms with E-state index >= 15 is 0 Å². The van der Waals surface area contributed by atoms with E-state index in [1.54, 1.807) is 31.2 Å². The quantitative estimate of drug-likeness (QED) is 0.842. The lowest BCUT2D eigenvalue weighted by Crippen LogP contribution is -2.09. The van der Waals surface area contributed by atoms with Crippen molar-refractivity contribution in [1.82, 2.24) is 0 Å². The Hall–Kier alpha value is -1.71. The zero-order chi connectivity index (χ0) is 14.7. The van der Waals surface area contributed by atoms with Gasteiger partial charge in [-0.05, 0) is 36.8 Å². The molecular formula is C15H13Cl2NO2. The monoisotopic (exact) mass is 309 g/mol. The third-order valence-corrected chi connectivity index (χ3v) is 3.38. The number of aliphatic carboxylic acids is 1. The maximum atomic E-state index is 11.1. The van der Waals surface area contributed by atoms with Crippen LogP contribution < -0.4 is 5.32 Å². The van der Waals surface area contributed by atoms with Gasteiger partial charge in [0, 0.05) is 21.4 Å². The Bertz CT molecular complexity index is 623. The van der Waals surface area contributed by atoms with Crippen LogP contribution in [0.25, 0.3) is 0 Å². The fourth-order valence-electron chi connectivity index (χ4n) is 1.90. The van der Waals surface area contributed by atoms with E-state index < -0.39 is 11.9 Å². The highest BCUT2D eigenvalue weighted by Crippen LogP contribution is 2.30. The summed E-state index contributed by atoms with van der Waals surface area (Å²) in [4.78, 5) is 11.1. The first-order valence-corrected chi connectivity index (χ1v) is 6.78. The molecule has 104 valence electrons. The number of para-hydroxylation sites is 1. The number of carboxylic acid groups (broad SMARTS) is 1. The Morgan fingerprint density at radius 1 is 1.15 bits per heavy atom. The van der Waals surface area contributed by atoms with E-state index in [4.69, 9.17) is 28.3 Å². The molecule has 0 spiro atoms. The third-order valence-electron chi connectivity index (χ3n) is 2.94. The summed E-state index contributed by atoms with van der Waals surface area (Å²) in [6.07, 6.45) is 0. The molecule has 2 N–H and O–H groups in total. The van der Waals surface area contributed by atoms with E-state index in [1.165, 1.54) is 0 Å². The van der Waals surface area contributed by atoms with Gasteiger partial charge in [0.1, 0.15) is 0 Å². The highest BCUT2D eigenvalue weighted by Gasteiger charge is 2.17. The SMILES string of the molecule is CC(C(=O)O)c1ccccc1Nc1cc(Cl)cc(Cl)c1. The number of carbonyl (C=O) groups is 1. The number of nitrogens with one attached hydrogen (secondary N) is 1. The molecule has 2 rings (SSSR count). The molecule has 0 heterocycles. The molecule has 0 radical (unpaired) electrons. The van der Waals surface area contributed by atoms with Gasteiger partial charge in [-0.2, -0.15) is 0 Å². The van der Waals surface area contributed by atoms with Crippen molar-refractivity contribution in [1.29, 1.82) is 0 Å². The van der Waals surface area contributed by atoms with Crippen LogP contribution in [0.3, 0.4) is 0 Å². The molecule has 2 aromatic carbocycles. The maximum Gasteiger partial charge on any atom is 0.310 e. The third kappa shape index (κ3) is 3.44. The molecule has 1 unspecified atom stereocenters. The van der Waals surface area contributed by atoms with Crippen molar-refractivity contribution in [3.63, 3.8) is 0 Å². The smallest absolute Gasteiger partial charge is 0.310 e. The molecule has 20 heavy (non-hydrogen) atoms. The molecule has 0 saturated carbocycles. The molecule has 0 amide bonds. The van der Waals surface area contributed by atoms with Crippen LogP contribution >= 0.6 is 23.2 Å². The van der Waals surface area contributed by atoms with E-state index in [2.05, 4.69) is 5.32 Å².